The predicted molar refractivity (Wildman–Crippen MR) is 211 cm³/mol. The molecule has 6 atom stereocenters. The topological polar surface area (TPSA) is 375 Å². The van der Waals surface area contributed by atoms with E-state index in [1.807, 2.05) is 0 Å². The fourth-order valence-electron chi connectivity index (χ4n) is 8.51. The smallest absolute Gasteiger partial charge is 0.305 e. The van der Waals surface area contributed by atoms with Gasteiger partial charge in [-0.3, -0.25) is 86.9 Å². The fourth-order valence-corrected chi connectivity index (χ4v) is 8.51. The molecule has 4 aliphatic heterocycles. The van der Waals surface area contributed by atoms with Crippen molar-refractivity contribution < 1.29 is 72.9 Å². The minimum absolute atomic E-state index is 0.0455. The van der Waals surface area contributed by atoms with Crippen molar-refractivity contribution in [1.82, 2.24) is 34.7 Å². The normalized spacial score (nSPS) is 21.2. The predicted octanol–water partition coefficient (Wildman–Crippen LogP) is -5.47. The third-order valence-corrected chi connectivity index (χ3v) is 11.1. The van der Waals surface area contributed by atoms with Gasteiger partial charge in [-0.25, -0.2) is 0 Å². The van der Waals surface area contributed by atoms with E-state index in [9.17, 15) is 72.9 Å². The van der Waals surface area contributed by atoms with Gasteiger partial charge < -0.3 is 37.8 Å². The van der Waals surface area contributed by atoms with Crippen LogP contribution in [0.3, 0.4) is 0 Å². The Morgan fingerprint density at radius 1 is 0.413 bits per heavy atom. The first-order chi connectivity index (χ1) is 29.7. The van der Waals surface area contributed by atoms with Gasteiger partial charge in [-0.2, -0.15) is 0 Å². The first-order valence-electron chi connectivity index (χ1n) is 19.8. The number of primary amides is 3. The Hall–Kier alpha value is -6.70. The number of amides is 9. The standard InChI is InChI=1S/C38H50N10O15/c39-27(49)15-21(24(18-36(58)59)46-30(52)1-2-31(46)53)43-9-7-42-8-10-44(22(16-28(40)50)25(19-37(60)61)47-32(54)3-4-33(47)55)12-14-45(13-11-43)23(17-29(41)51)26(20-38(62)63)48-34(56)5-6-35(48)57/h1-6,21-26,42H,7-20H2,(H2,39,49)(H2,40,50)(H2,41,51)(H,58,59)(H,60,61)(H,62,63). The minimum atomic E-state index is -1.57. The molecule has 342 valence electrons. The highest BCUT2D eigenvalue weighted by molar-refractivity contribution is 6.14. The largest absolute Gasteiger partial charge is 0.481 e. The molecule has 9 amide bonds. The zero-order chi connectivity index (χ0) is 46.7. The van der Waals surface area contributed by atoms with E-state index in [1.165, 1.54) is 4.90 Å². The maximum absolute atomic E-state index is 13.1. The van der Waals surface area contributed by atoms with Crippen molar-refractivity contribution in [3.05, 3.63) is 36.5 Å². The van der Waals surface area contributed by atoms with Crippen LogP contribution in [-0.2, 0) is 57.5 Å². The highest BCUT2D eigenvalue weighted by atomic mass is 16.4. The molecule has 0 radical (unpaired) electrons. The van der Waals surface area contributed by atoms with Gasteiger partial charge in [0.1, 0.15) is 0 Å². The summed E-state index contributed by atoms with van der Waals surface area (Å²) in [4.78, 5) is 160. The molecule has 1 fully saturated rings. The Morgan fingerprint density at radius 2 is 0.635 bits per heavy atom. The second kappa shape index (κ2) is 21.9. The van der Waals surface area contributed by atoms with E-state index >= 15 is 0 Å². The molecule has 63 heavy (non-hydrogen) atoms. The first-order valence-corrected chi connectivity index (χ1v) is 19.8. The number of imide groups is 3. The van der Waals surface area contributed by atoms with Gasteiger partial charge in [-0.15, -0.1) is 0 Å². The van der Waals surface area contributed by atoms with E-state index in [0.717, 1.165) is 36.5 Å². The Bertz CT molecular complexity index is 1840. The summed E-state index contributed by atoms with van der Waals surface area (Å²) >= 11 is 0. The van der Waals surface area contributed by atoms with Gasteiger partial charge in [0.2, 0.25) is 17.7 Å². The number of hydrogen-bond acceptors (Lipinski definition) is 16. The molecule has 0 bridgehead atoms. The average molecular weight is 887 g/mol. The van der Waals surface area contributed by atoms with Crippen molar-refractivity contribution in [1.29, 1.82) is 0 Å². The lowest BCUT2D eigenvalue weighted by molar-refractivity contribution is -0.149. The summed E-state index contributed by atoms with van der Waals surface area (Å²) in [6.07, 6.45) is 1.26. The maximum atomic E-state index is 13.1. The lowest BCUT2D eigenvalue weighted by atomic mass is 9.95. The van der Waals surface area contributed by atoms with Crippen LogP contribution in [0.15, 0.2) is 36.5 Å². The van der Waals surface area contributed by atoms with Gasteiger partial charge in [-0.1, -0.05) is 0 Å². The van der Waals surface area contributed by atoms with Crippen LogP contribution in [0, 0.1) is 0 Å². The monoisotopic (exact) mass is 886 g/mol. The lowest BCUT2D eigenvalue weighted by Crippen LogP contribution is -2.62. The molecule has 4 aliphatic rings. The molecule has 25 heteroatoms. The van der Waals surface area contributed by atoms with Crippen LogP contribution in [0.25, 0.3) is 0 Å². The molecule has 0 aromatic heterocycles. The molecule has 10 N–H and O–H groups in total. The van der Waals surface area contributed by atoms with Crippen LogP contribution in [0.4, 0.5) is 0 Å². The number of carbonyl (C=O) groups excluding carboxylic acids is 9. The van der Waals surface area contributed by atoms with E-state index in [4.69, 9.17) is 17.2 Å². The average Bonchev–Trinajstić information content (AvgIpc) is 3.82. The number of nitrogens with two attached hydrogens (primary N) is 3. The molecule has 25 nitrogen and oxygen atoms in total. The summed E-state index contributed by atoms with van der Waals surface area (Å²) in [5, 5.41) is 33.1. The Balaban J connectivity index is 1.87. The lowest BCUT2D eigenvalue weighted by Gasteiger charge is -2.45. The van der Waals surface area contributed by atoms with E-state index in [0.29, 0.717) is 14.7 Å². The van der Waals surface area contributed by atoms with Gasteiger partial charge in [0.15, 0.2) is 0 Å². The van der Waals surface area contributed by atoms with Crippen LogP contribution in [0.5, 0.6) is 0 Å². The van der Waals surface area contributed by atoms with Crippen molar-refractivity contribution in [3.8, 4) is 0 Å². The number of hydrogen-bond donors (Lipinski definition) is 7. The van der Waals surface area contributed by atoms with Crippen LogP contribution in [0.1, 0.15) is 38.5 Å². The summed E-state index contributed by atoms with van der Waals surface area (Å²) in [6, 6.07) is -8.36. The van der Waals surface area contributed by atoms with E-state index in [-0.39, 0.29) is 52.4 Å². The van der Waals surface area contributed by atoms with E-state index in [1.54, 1.807) is 9.80 Å². The molecular weight excluding hydrogens is 836 g/mol. The highest BCUT2D eigenvalue weighted by Crippen LogP contribution is 2.27. The maximum Gasteiger partial charge on any atom is 0.305 e. The zero-order valence-corrected chi connectivity index (χ0v) is 34.0. The molecule has 0 aliphatic carbocycles. The third-order valence-electron chi connectivity index (χ3n) is 11.1. The molecule has 4 heterocycles. The molecule has 0 aromatic carbocycles. The summed E-state index contributed by atoms with van der Waals surface area (Å²) in [6.45, 7) is -0.932. The van der Waals surface area contributed by atoms with Gasteiger partial charge in [0.25, 0.3) is 35.4 Å². The summed E-state index contributed by atoms with van der Waals surface area (Å²) in [5.74, 6) is -12.4. The molecular formula is C38H50N10O15. The quantitative estimate of drug-likeness (QED) is 0.0529. The second-order valence-electron chi connectivity index (χ2n) is 15.2. The third kappa shape index (κ3) is 12.9. The number of nitrogens with zero attached hydrogens (tertiary/aromatic N) is 6. The van der Waals surface area contributed by atoms with Gasteiger partial charge >= 0.3 is 17.9 Å². The number of nitrogens with one attached hydrogen (secondary N) is 1. The SMILES string of the molecule is NC(=O)CC(C(CC(=O)O)N1C(=O)C=CC1=O)N1CCNCCN(C(CC(N)=O)C(CC(=O)O)N2C(=O)C=CC2=O)CCN(C(CC(N)=O)C(CC(=O)O)N2C(=O)C=CC2=O)CC1. The van der Waals surface area contributed by atoms with Crippen molar-refractivity contribution in [3.63, 3.8) is 0 Å². The van der Waals surface area contributed by atoms with Crippen molar-refractivity contribution in [2.75, 3.05) is 52.4 Å². The molecule has 6 unspecified atom stereocenters. The highest BCUT2D eigenvalue weighted by Gasteiger charge is 2.45. The fraction of sp³-hybridized carbons (Fsp3) is 0.526. The first kappa shape index (κ1) is 49.0. The van der Waals surface area contributed by atoms with Crippen molar-refractivity contribution >= 4 is 71.1 Å². The molecule has 0 spiro atoms. The zero-order valence-electron chi connectivity index (χ0n) is 34.0. The van der Waals surface area contributed by atoms with Crippen LogP contribution < -0.4 is 22.5 Å². The summed E-state index contributed by atoms with van der Waals surface area (Å²) in [7, 11) is 0. The molecule has 4 rings (SSSR count). The Morgan fingerprint density at radius 3 is 0.841 bits per heavy atom. The molecule has 1 saturated heterocycles. The Kier molecular flexibility index (Phi) is 17.0. The molecule has 0 aromatic rings. The number of carboxylic acids is 3. The van der Waals surface area contributed by atoms with Crippen LogP contribution >= 0.6 is 0 Å². The summed E-state index contributed by atoms with van der Waals surface area (Å²) in [5.41, 5.74) is 17.1. The number of aliphatic carboxylic acids is 3. The number of carbonyl (C=O) groups is 12. The van der Waals surface area contributed by atoms with Crippen molar-refractivity contribution in [2.45, 2.75) is 74.8 Å². The Labute approximate surface area is 359 Å². The minimum Gasteiger partial charge on any atom is -0.481 e. The molecule has 0 saturated carbocycles. The van der Waals surface area contributed by atoms with Crippen molar-refractivity contribution in [2.24, 2.45) is 17.2 Å². The van der Waals surface area contributed by atoms with Crippen LogP contribution in [-0.4, -0.2) is 204 Å². The number of rotatable bonds is 21. The van der Waals surface area contributed by atoms with E-state index < -0.39 is 146 Å². The summed E-state index contributed by atoms with van der Waals surface area (Å²) < 4.78 is 0. The van der Waals surface area contributed by atoms with E-state index in [2.05, 4.69) is 5.32 Å². The van der Waals surface area contributed by atoms with Gasteiger partial charge in [0.05, 0.1) is 37.4 Å². The number of carboxylic acid groups (broad SMARTS) is 3. The second-order valence-corrected chi connectivity index (χ2v) is 15.2. The van der Waals surface area contributed by atoms with Gasteiger partial charge in [-0.05, 0) is 0 Å². The van der Waals surface area contributed by atoms with Gasteiger partial charge in [0, 0.05) is 126 Å². The van der Waals surface area contributed by atoms with Crippen LogP contribution in [0.2, 0.25) is 0 Å².